The van der Waals surface area contributed by atoms with Crippen LogP contribution < -0.4 is 0 Å². The third kappa shape index (κ3) is 20.0. The number of rotatable bonds is 0. The summed E-state index contributed by atoms with van der Waals surface area (Å²) in [6.45, 7) is 0. The SMILES string of the molecule is [Br][In-]([Br])([Br])[Br]. The maximum absolute atomic E-state index is 3.34. The molecule has 0 aromatic rings. The van der Waals surface area contributed by atoms with E-state index in [9.17, 15) is 0 Å². The van der Waals surface area contributed by atoms with Crippen LogP contribution in [0.3, 0.4) is 0 Å². The van der Waals surface area contributed by atoms with E-state index in [4.69, 9.17) is 0 Å². The van der Waals surface area contributed by atoms with Crippen LogP contribution in [0.15, 0.2) is 0 Å². The van der Waals surface area contributed by atoms with E-state index >= 15 is 0 Å². The molecule has 0 aromatic carbocycles. The molecular formula is Br4In-. The monoisotopic (exact) mass is 431 g/mol. The Hall–Kier alpha value is 2.79. The van der Waals surface area contributed by atoms with Gasteiger partial charge >= 0.3 is 59.8 Å². The van der Waals surface area contributed by atoms with Crippen LogP contribution in [0.5, 0.6) is 0 Å². The average molecular weight is 434 g/mol. The third-order valence-corrected chi connectivity index (χ3v) is 0. The molecule has 0 spiro atoms. The molecule has 0 rings (SSSR count). The normalized spacial score (nSPS) is 12.0. The zero-order chi connectivity index (χ0) is 4.50. The van der Waals surface area contributed by atoms with Crippen LogP contribution in [0.25, 0.3) is 0 Å². The standard InChI is InChI=1S/4BrH.In/h4*1H;/q;;;;+3/p-4. The van der Waals surface area contributed by atoms with Gasteiger partial charge in [-0.2, -0.15) is 0 Å². The minimum atomic E-state index is -2.01. The molecule has 32 valence electrons. The fraction of sp³-hybridized carbons (Fsp3) is 0. The first-order valence-corrected chi connectivity index (χ1v) is 30.4. The Balaban J connectivity index is 3.02. The van der Waals surface area contributed by atoms with Crippen LogP contribution in [-0.2, 0) is 0 Å². The molecule has 0 N–H and O–H groups in total. The van der Waals surface area contributed by atoms with Crippen molar-refractivity contribution in [3.05, 3.63) is 0 Å². The van der Waals surface area contributed by atoms with Gasteiger partial charge in [0.2, 0.25) is 0 Å². The summed E-state index contributed by atoms with van der Waals surface area (Å²) in [5, 5.41) is 0. The molecule has 0 radical (unpaired) electrons. The molecule has 0 heterocycles. The van der Waals surface area contributed by atoms with Crippen molar-refractivity contribution in [3.8, 4) is 0 Å². The van der Waals surface area contributed by atoms with Crippen LogP contribution in [0.4, 0.5) is 0 Å². The summed E-state index contributed by atoms with van der Waals surface area (Å²) in [5.74, 6) is 0. The molecule has 5 heteroatoms. The molecule has 0 aromatic heterocycles. The topological polar surface area (TPSA) is 0 Å². The molecule has 0 aliphatic rings. The first kappa shape index (κ1) is 7.79. The van der Waals surface area contributed by atoms with E-state index < -0.39 is 10.7 Å². The molecule has 0 aliphatic carbocycles. The van der Waals surface area contributed by atoms with Gasteiger partial charge in [0.1, 0.15) is 0 Å². The van der Waals surface area contributed by atoms with E-state index in [0.29, 0.717) is 0 Å². The van der Waals surface area contributed by atoms with E-state index in [1.807, 2.05) is 0 Å². The quantitative estimate of drug-likeness (QED) is 0.550. The van der Waals surface area contributed by atoms with Crippen molar-refractivity contribution in [2.45, 2.75) is 0 Å². The van der Waals surface area contributed by atoms with Crippen LogP contribution in [0.1, 0.15) is 0 Å². The summed E-state index contributed by atoms with van der Waals surface area (Å²) in [6, 6.07) is 0. The molecule has 0 bridgehead atoms. The van der Waals surface area contributed by atoms with Crippen molar-refractivity contribution in [2.24, 2.45) is 0 Å². The van der Waals surface area contributed by atoms with Crippen molar-refractivity contribution >= 4 is 59.8 Å². The molecule has 0 unspecified atom stereocenters. The Kier molecular flexibility index (Phi) is 4.59. The van der Waals surface area contributed by atoms with Crippen LogP contribution in [-0.4, -0.2) is 10.7 Å². The predicted octanol–water partition coefficient (Wildman–Crippen LogP) is 3.00. The van der Waals surface area contributed by atoms with E-state index in [0.717, 1.165) is 0 Å². The summed E-state index contributed by atoms with van der Waals surface area (Å²) in [7, 11) is -2.01. The number of halogens is 4. The van der Waals surface area contributed by atoms with Gasteiger partial charge in [-0.15, -0.1) is 0 Å². The average Bonchev–Trinajstić information content (AvgIpc) is 0.722. The van der Waals surface area contributed by atoms with Gasteiger partial charge in [-0.25, -0.2) is 0 Å². The summed E-state index contributed by atoms with van der Waals surface area (Å²) in [6.07, 6.45) is 0. The second-order valence-corrected chi connectivity index (χ2v) is 89.6. The minimum absolute atomic E-state index is 2.01. The van der Waals surface area contributed by atoms with E-state index in [2.05, 4.69) is 49.2 Å². The summed E-state index contributed by atoms with van der Waals surface area (Å²) < 4.78 is 0. The van der Waals surface area contributed by atoms with Gasteiger partial charge in [0, 0.05) is 0 Å². The Bertz CT molecular complexity index is 19.1. The molecule has 5 heavy (non-hydrogen) atoms. The Labute approximate surface area is 58.4 Å². The van der Waals surface area contributed by atoms with Gasteiger partial charge in [0.05, 0.1) is 0 Å². The van der Waals surface area contributed by atoms with Crippen molar-refractivity contribution in [3.63, 3.8) is 0 Å². The second kappa shape index (κ2) is 2.95. The predicted molar refractivity (Wildman–Crippen MR) is 41.5 cm³/mol. The van der Waals surface area contributed by atoms with E-state index in [1.54, 1.807) is 0 Å². The summed E-state index contributed by atoms with van der Waals surface area (Å²) in [5.41, 5.74) is 0. The molecular weight excluding hydrogens is 434 g/mol. The number of hydrogen-bond donors (Lipinski definition) is 0. The number of hydrogen-bond acceptors (Lipinski definition) is 0. The van der Waals surface area contributed by atoms with Crippen molar-refractivity contribution in [1.82, 2.24) is 0 Å². The summed E-state index contributed by atoms with van der Waals surface area (Å²) >= 11 is 13.4. The van der Waals surface area contributed by atoms with Gasteiger partial charge in [-0.05, 0) is 0 Å². The third-order valence-electron chi connectivity index (χ3n) is 0. The van der Waals surface area contributed by atoms with Crippen LogP contribution in [0, 0.1) is 0 Å². The van der Waals surface area contributed by atoms with E-state index in [1.165, 1.54) is 0 Å². The Morgan fingerprint density at radius 1 is 0.800 bits per heavy atom. The molecule has 0 aliphatic heterocycles. The molecule has 0 fully saturated rings. The van der Waals surface area contributed by atoms with Crippen LogP contribution >= 0.6 is 49.2 Å². The summed E-state index contributed by atoms with van der Waals surface area (Å²) in [4.78, 5) is 0. The molecule has 0 nitrogen and oxygen atoms in total. The Morgan fingerprint density at radius 2 is 0.800 bits per heavy atom. The maximum atomic E-state index is 3.34. The molecule has 0 atom stereocenters. The molecule has 0 amide bonds. The van der Waals surface area contributed by atoms with Gasteiger partial charge in [0.25, 0.3) is 0 Å². The first-order valence-electron chi connectivity index (χ1n) is 0.873. The Morgan fingerprint density at radius 3 is 0.800 bits per heavy atom. The molecule has 0 saturated heterocycles. The molecule has 0 saturated carbocycles. The zero-order valence-electron chi connectivity index (χ0n) is 2.09. The van der Waals surface area contributed by atoms with Crippen LogP contribution in [0.2, 0.25) is 0 Å². The fourth-order valence-electron chi connectivity index (χ4n) is 0. The van der Waals surface area contributed by atoms with E-state index in [-0.39, 0.29) is 0 Å². The van der Waals surface area contributed by atoms with Gasteiger partial charge in [0.15, 0.2) is 0 Å². The van der Waals surface area contributed by atoms with Crippen molar-refractivity contribution in [1.29, 1.82) is 0 Å². The van der Waals surface area contributed by atoms with Gasteiger partial charge < -0.3 is 0 Å². The van der Waals surface area contributed by atoms with Gasteiger partial charge in [-0.3, -0.25) is 0 Å². The fourth-order valence-corrected chi connectivity index (χ4v) is 0. The van der Waals surface area contributed by atoms with Crippen molar-refractivity contribution < 1.29 is 0 Å². The first-order chi connectivity index (χ1) is 2.00. The van der Waals surface area contributed by atoms with Crippen molar-refractivity contribution in [2.75, 3.05) is 0 Å². The second-order valence-electron chi connectivity index (χ2n) is 0.495. The van der Waals surface area contributed by atoms with Gasteiger partial charge in [-0.1, -0.05) is 0 Å². The zero-order valence-corrected chi connectivity index (χ0v) is 11.7.